The molecule has 0 radical (unpaired) electrons. The molecule has 2 aromatic carbocycles. The van der Waals surface area contributed by atoms with Crippen molar-refractivity contribution in [3.05, 3.63) is 42.5 Å². The molecule has 0 bridgehead atoms. The van der Waals surface area contributed by atoms with Crippen LogP contribution >= 0.6 is 0 Å². The van der Waals surface area contributed by atoms with Crippen LogP contribution in [0.4, 0.5) is 0 Å². The fourth-order valence-electron chi connectivity index (χ4n) is 1.72. The Bertz CT molecular complexity index is 643. The molecule has 0 unspecified atom stereocenters. The number of benzene rings is 2. The maximum Gasteiger partial charge on any atom is 1.00 e. The van der Waals surface area contributed by atoms with Gasteiger partial charge in [0.15, 0.2) is 0 Å². The molecule has 0 fully saturated rings. The Labute approximate surface area is 161 Å². The van der Waals surface area contributed by atoms with Crippen LogP contribution in [0.5, 0.6) is 0 Å². The second kappa shape index (κ2) is 8.15. The molecule has 6 heteroatoms. The molecule has 0 aliphatic rings. The van der Waals surface area contributed by atoms with E-state index in [-0.39, 0.29) is 73.0 Å². The van der Waals surface area contributed by atoms with Gasteiger partial charge >= 0.3 is 59.1 Å². The number of rotatable bonds is 3. The van der Waals surface area contributed by atoms with Gasteiger partial charge in [-0.25, -0.2) is 0 Å². The van der Waals surface area contributed by atoms with E-state index in [0.717, 1.165) is 5.39 Å². The Morgan fingerprint density at radius 1 is 1.00 bits per heavy atom. The Kier molecular flexibility index (Phi) is 8.41. The molecule has 0 aromatic heterocycles. The van der Waals surface area contributed by atoms with Gasteiger partial charge in [-0.1, -0.05) is 36.4 Å². The fourth-order valence-corrected chi connectivity index (χ4v) is 3.03. The zero-order chi connectivity index (χ0) is 12.5. The average molecular weight is 298 g/mol. The molecular formula is C13H16Na2O3S. The predicted octanol–water partition coefficient (Wildman–Crippen LogP) is -2.81. The molecule has 19 heavy (non-hydrogen) atoms. The summed E-state index contributed by atoms with van der Waals surface area (Å²) >= 11 is 0. The summed E-state index contributed by atoms with van der Waals surface area (Å²) in [6.45, 7) is 3.39. The van der Waals surface area contributed by atoms with E-state index in [9.17, 15) is 8.42 Å². The largest absolute Gasteiger partial charge is 1.00 e. The number of hydrogen-bond donors (Lipinski definition) is 0. The summed E-state index contributed by atoms with van der Waals surface area (Å²) in [7, 11) is -3.69. The quantitative estimate of drug-likeness (QED) is 0.454. The minimum absolute atomic E-state index is 0. The molecule has 0 amide bonds. The first kappa shape index (κ1) is 19.6. The van der Waals surface area contributed by atoms with E-state index in [1.54, 1.807) is 32.0 Å². The third-order valence-electron chi connectivity index (χ3n) is 2.34. The van der Waals surface area contributed by atoms with Gasteiger partial charge in [0.05, 0.1) is 6.10 Å². The van der Waals surface area contributed by atoms with Crippen LogP contribution in [0.2, 0.25) is 0 Å². The molecule has 2 aromatic rings. The maximum atomic E-state index is 12.0. The Morgan fingerprint density at radius 2 is 1.58 bits per heavy atom. The maximum absolute atomic E-state index is 12.0. The van der Waals surface area contributed by atoms with Crippen molar-refractivity contribution in [2.75, 3.05) is 0 Å². The smallest absolute Gasteiger partial charge is 1.00 e. The topological polar surface area (TPSA) is 43.4 Å². The average Bonchev–Trinajstić information content (AvgIpc) is 2.26. The van der Waals surface area contributed by atoms with Gasteiger partial charge in [0, 0.05) is 5.39 Å². The van der Waals surface area contributed by atoms with E-state index in [2.05, 4.69) is 0 Å². The molecule has 0 atom stereocenters. The molecule has 94 valence electrons. The minimum atomic E-state index is -3.69. The van der Waals surface area contributed by atoms with Gasteiger partial charge in [-0.3, -0.25) is 4.18 Å². The summed E-state index contributed by atoms with van der Waals surface area (Å²) < 4.78 is 29.1. The van der Waals surface area contributed by atoms with Crippen LogP contribution < -0.4 is 59.1 Å². The molecule has 3 nitrogen and oxygen atoms in total. The van der Waals surface area contributed by atoms with Crippen LogP contribution in [0.3, 0.4) is 0 Å². The monoisotopic (exact) mass is 298 g/mol. The van der Waals surface area contributed by atoms with Gasteiger partial charge in [0.2, 0.25) is 0 Å². The molecule has 0 saturated heterocycles. The minimum Gasteiger partial charge on any atom is -1.00 e. The standard InChI is InChI=1S/C13H14O3S.2Na.2H/c1-10(2)16-17(14,15)13-9-5-7-11-6-3-4-8-12(11)13;;;;/h3-10H,1-2H3;;;;/q;2*+1;2*-1. The SMILES string of the molecule is CC(C)OS(=O)(=O)c1cccc2ccccc12.[H-].[H-].[Na+].[Na+]. The van der Waals surface area contributed by atoms with E-state index in [0.29, 0.717) is 5.39 Å². The molecular weight excluding hydrogens is 282 g/mol. The number of hydrogen-bond acceptors (Lipinski definition) is 3. The third-order valence-corrected chi connectivity index (χ3v) is 3.87. The normalized spacial score (nSPS) is 10.9. The predicted molar refractivity (Wildman–Crippen MR) is 69.6 cm³/mol. The molecule has 0 aliphatic carbocycles. The van der Waals surface area contributed by atoms with Crippen LogP contribution in [-0.4, -0.2) is 14.5 Å². The van der Waals surface area contributed by atoms with Gasteiger partial charge in [-0.15, -0.1) is 0 Å². The summed E-state index contributed by atoms with van der Waals surface area (Å²) in [6.07, 6.45) is -0.362. The van der Waals surface area contributed by atoms with Crippen molar-refractivity contribution in [2.24, 2.45) is 0 Å². The van der Waals surface area contributed by atoms with E-state index >= 15 is 0 Å². The van der Waals surface area contributed by atoms with Crippen molar-refractivity contribution in [2.45, 2.75) is 24.8 Å². The van der Waals surface area contributed by atoms with Gasteiger partial charge in [0.1, 0.15) is 4.90 Å². The molecule has 0 aliphatic heterocycles. The van der Waals surface area contributed by atoms with Crippen molar-refractivity contribution >= 4 is 20.9 Å². The van der Waals surface area contributed by atoms with Gasteiger partial charge in [0.25, 0.3) is 10.1 Å². The Hall–Kier alpha value is 0.610. The van der Waals surface area contributed by atoms with Crippen molar-refractivity contribution in [3.63, 3.8) is 0 Å². The first-order valence-corrected chi connectivity index (χ1v) is 6.82. The summed E-state index contributed by atoms with van der Waals surface area (Å²) in [5.41, 5.74) is 0. The van der Waals surface area contributed by atoms with Gasteiger partial charge in [-0.05, 0) is 25.3 Å². The Balaban J connectivity index is -0.000000810. The van der Waals surface area contributed by atoms with E-state index in [1.165, 1.54) is 0 Å². The van der Waals surface area contributed by atoms with Crippen LogP contribution in [0.25, 0.3) is 10.8 Å². The fraction of sp³-hybridized carbons (Fsp3) is 0.231. The van der Waals surface area contributed by atoms with Crippen molar-refractivity contribution in [3.8, 4) is 0 Å². The Morgan fingerprint density at radius 3 is 2.21 bits per heavy atom. The van der Waals surface area contributed by atoms with Crippen molar-refractivity contribution < 1.29 is 74.6 Å². The van der Waals surface area contributed by atoms with Crippen molar-refractivity contribution in [1.29, 1.82) is 0 Å². The summed E-state index contributed by atoms with van der Waals surface area (Å²) in [5.74, 6) is 0. The first-order valence-electron chi connectivity index (χ1n) is 5.42. The van der Waals surface area contributed by atoms with Crippen LogP contribution in [0.1, 0.15) is 16.7 Å². The summed E-state index contributed by atoms with van der Waals surface area (Å²) in [4.78, 5) is 0.226. The third kappa shape index (κ3) is 4.83. The first-order chi connectivity index (χ1) is 8.00. The van der Waals surface area contributed by atoms with Crippen LogP contribution in [-0.2, 0) is 14.3 Å². The van der Waals surface area contributed by atoms with Crippen LogP contribution in [0, 0.1) is 0 Å². The van der Waals surface area contributed by atoms with Crippen LogP contribution in [0.15, 0.2) is 47.4 Å². The summed E-state index contributed by atoms with van der Waals surface area (Å²) in [5, 5.41) is 1.58. The molecule has 0 saturated carbocycles. The molecule has 0 heterocycles. The van der Waals surface area contributed by atoms with E-state index in [4.69, 9.17) is 4.18 Å². The zero-order valence-electron chi connectivity index (χ0n) is 13.8. The van der Waals surface area contributed by atoms with E-state index in [1.807, 2.05) is 24.3 Å². The van der Waals surface area contributed by atoms with E-state index < -0.39 is 10.1 Å². The molecule has 2 rings (SSSR count). The van der Waals surface area contributed by atoms with Crippen molar-refractivity contribution in [1.82, 2.24) is 0 Å². The molecule has 0 spiro atoms. The zero-order valence-corrected chi connectivity index (χ0v) is 16.6. The molecule has 0 N–H and O–H groups in total. The van der Waals surface area contributed by atoms with Gasteiger partial charge in [-0.2, -0.15) is 8.42 Å². The van der Waals surface area contributed by atoms with Gasteiger partial charge < -0.3 is 2.85 Å². The number of fused-ring (bicyclic) bond motifs is 1. The summed E-state index contributed by atoms with van der Waals surface area (Å²) in [6, 6.07) is 12.5. The second-order valence-electron chi connectivity index (χ2n) is 4.08. The second-order valence-corrected chi connectivity index (χ2v) is 5.62.